The molecule has 1 aromatic rings. The fourth-order valence-corrected chi connectivity index (χ4v) is 1.01. The van der Waals surface area contributed by atoms with Gasteiger partial charge in [-0.3, -0.25) is 0 Å². The van der Waals surface area contributed by atoms with E-state index < -0.39 is 0 Å². The van der Waals surface area contributed by atoms with Gasteiger partial charge < -0.3 is 5.11 Å². The quantitative estimate of drug-likeness (QED) is 0.318. The standard InChI is InChI=1S/C9H6ClNO.Na/c10-9-3-1-2-7(4-9)8(5-11)6-12;/h1-4,6,12H;/q;+1/p-1/b8-6+;. The van der Waals surface area contributed by atoms with Gasteiger partial charge in [0.2, 0.25) is 0 Å². The third kappa shape index (κ3) is 3.41. The van der Waals surface area contributed by atoms with Crippen molar-refractivity contribution in [2.45, 2.75) is 0 Å². The monoisotopic (exact) mass is 201 g/mol. The molecule has 0 atom stereocenters. The first-order valence-corrected chi connectivity index (χ1v) is 3.64. The molecule has 0 amide bonds. The summed E-state index contributed by atoms with van der Waals surface area (Å²) in [4.78, 5) is 0. The number of allylic oxidation sites excluding steroid dienone is 1. The molecule has 0 aliphatic heterocycles. The van der Waals surface area contributed by atoms with E-state index in [1.807, 2.05) is 0 Å². The Bertz CT molecular complexity index is 357. The van der Waals surface area contributed by atoms with E-state index in [2.05, 4.69) is 0 Å². The van der Waals surface area contributed by atoms with Crippen LogP contribution in [0, 0.1) is 11.3 Å². The normalized spacial score (nSPS) is 10.0. The van der Waals surface area contributed by atoms with Crippen LogP contribution in [-0.4, -0.2) is 0 Å². The van der Waals surface area contributed by atoms with Crippen molar-refractivity contribution in [3.05, 3.63) is 41.1 Å². The number of hydrogen-bond acceptors (Lipinski definition) is 2. The molecular weight excluding hydrogens is 197 g/mol. The van der Waals surface area contributed by atoms with Crippen LogP contribution in [-0.2, 0) is 0 Å². The summed E-state index contributed by atoms with van der Waals surface area (Å²) in [5.74, 6) is 0. The van der Waals surface area contributed by atoms with Crippen molar-refractivity contribution in [2.24, 2.45) is 0 Å². The molecule has 0 fully saturated rings. The molecule has 0 aliphatic carbocycles. The average molecular weight is 202 g/mol. The summed E-state index contributed by atoms with van der Waals surface area (Å²) < 4.78 is 0. The minimum Gasteiger partial charge on any atom is -0.877 e. The van der Waals surface area contributed by atoms with Crippen molar-refractivity contribution in [2.75, 3.05) is 0 Å². The van der Waals surface area contributed by atoms with E-state index >= 15 is 0 Å². The van der Waals surface area contributed by atoms with Crippen molar-refractivity contribution in [1.82, 2.24) is 0 Å². The second-order valence-electron chi connectivity index (χ2n) is 2.15. The first kappa shape index (κ1) is 12.5. The van der Waals surface area contributed by atoms with Crippen molar-refractivity contribution in [1.29, 1.82) is 5.26 Å². The number of halogens is 1. The molecular formula is C9H5ClNNaO. The van der Waals surface area contributed by atoms with Crippen LogP contribution >= 0.6 is 11.6 Å². The molecule has 0 heterocycles. The molecule has 0 aromatic heterocycles. The summed E-state index contributed by atoms with van der Waals surface area (Å²) in [7, 11) is 0. The zero-order chi connectivity index (χ0) is 8.97. The second-order valence-corrected chi connectivity index (χ2v) is 2.59. The maximum absolute atomic E-state index is 10.3. The second kappa shape index (κ2) is 6.06. The summed E-state index contributed by atoms with van der Waals surface area (Å²) in [5, 5.41) is 19.4. The van der Waals surface area contributed by atoms with E-state index in [9.17, 15) is 5.11 Å². The summed E-state index contributed by atoms with van der Waals surface area (Å²) in [6.45, 7) is 0. The van der Waals surface area contributed by atoms with E-state index in [-0.39, 0.29) is 35.1 Å². The minimum absolute atomic E-state index is 0. The molecule has 0 radical (unpaired) electrons. The Hall–Kier alpha value is -0.460. The van der Waals surface area contributed by atoms with Gasteiger partial charge in [0.1, 0.15) is 0 Å². The number of nitriles is 1. The molecule has 0 saturated carbocycles. The van der Waals surface area contributed by atoms with E-state index in [1.54, 1.807) is 30.3 Å². The summed E-state index contributed by atoms with van der Waals surface area (Å²) >= 11 is 5.66. The fourth-order valence-electron chi connectivity index (χ4n) is 0.815. The van der Waals surface area contributed by atoms with Crippen LogP contribution in [0.4, 0.5) is 0 Å². The van der Waals surface area contributed by atoms with Crippen LogP contribution in [0.3, 0.4) is 0 Å². The molecule has 0 aliphatic rings. The Balaban J connectivity index is 0.00000144. The Morgan fingerprint density at radius 1 is 1.54 bits per heavy atom. The topological polar surface area (TPSA) is 46.8 Å². The van der Waals surface area contributed by atoms with Crippen LogP contribution in [0.5, 0.6) is 0 Å². The fraction of sp³-hybridized carbons (Fsp3) is 0. The summed E-state index contributed by atoms with van der Waals surface area (Å²) in [6, 6.07) is 8.41. The number of hydrogen-bond donors (Lipinski definition) is 0. The van der Waals surface area contributed by atoms with Gasteiger partial charge in [-0.2, -0.15) is 5.26 Å². The van der Waals surface area contributed by atoms with Crippen LogP contribution in [0.25, 0.3) is 5.57 Å². The van der Waals surface area contributed by atoms with Gasteiger partial charge in [-0.25, -0.2) is 0 Å². The Kier molecular flexibility index (Phi) is 5.85. The minimum atomic E-state index is 0. The summed E-state index contributed by atoms with van der Waals surface area (Å²) in [5.41, 5.74) is 0.650. The van der Waals surface area contributed by atoms with Gasteiger partial charge in [-0.05, 0) is 17.7 Å². The van der Waals surface area contributed by atoms with Crippen LogP contribution in [0.15, 0.2) is 30.5 Å². The molecule has 0 N–H and O–H groups in total. The molecule has 2 nitrogen and oxygen atoms in total. The maximum Gasteiger partial charge on any atom is 1.00 e. The third-order valence-corrected chi connectivity index (χ3v) is 1.61. The molecule has 0 saturated heterocycles. The molecule has 0 unspecified atom stereocenters. The number of rotatable bonds is 1. The molecule has 4 heteroatoms. The van der Waals surface area contributed by atoms with E-state index in [0.29, 0.717) is 16.8 Å². The Morgan fingerprint density at radius 3 is 2.69 bits per heavy atom. The predicted molar refractivity (Wildman–Crippen MR) is 45.0 cm³/mol. The average Bonchev–Trinajstić information content (AvgIpc) is 2.07. The Labute approximate surface area is 104 Å². The van der Waals surface area contributed by atoms with Crippen LogP contribution in [0.1, 0.15) is 5.56 Å². The molecule has 1 aromatic carbocycles. The predicted octanol–water partition coefficient (Wildman–Crippen LogP) is -1.43. The molecule has 60 valence electrons. The molecule has 1 rings (SSSR count). The van der Waals surface area contributed by atoms with E-state index in [1.165, 1.54) is 0 Å². The van der Waals surface area contributed by atoms with Crippen LogP contribution in [0.2, 0.25) is 5.02 Å². The van der Waals surface area contributed by atoms with Gasteiger partial charge in [0.25, 0.3) is 0 Å². The SMILES string of the molecule is N#C/C(=C\[O-])c1cccc(Cl)c1.[Na+]. The zero-order valence-electron chi connectivity index (χ0n) is 7.12. The maximum atomic E-state index is 10.3. The third-order valence-electron chi connectivity index (χ3n) is 1.37. The first-order chi connectivity index (χ1) is 5.77. The van der Waals surface area contributed by atoms with Crippen molar-refractivity contribution in [3.8, 4) is 6.07 Å². The summed E-state index contributed by atoms with van der Waals surface area (Å²) in [6.07, 6.45) is 0.520. The smallest absolute Gasteiger partial charge is 0.877 e. The van der Waals surface area contributed by atoms with Gasteiger partial charge >= 0.3 is 29.6 Å². The number of benzene rings is 1. The van der Waals surface area contributed by atoms with E-state index in [0.717, 1.165) is 0 Å². The van der Waals surface area contributed by atoms with Crippen molar-refractivity contribution in [3.63, 3.8) is 0 Å². The van der Waals surface area contributed by atoms with Crippen LogP contribution < -0.4 is 34.7 Å². The molecule has 13 heavy (non-hydrogen) atoms. The van der Waals surface area contributed by atoms with Gasteiger partial charge in [0, 0.05) is 10.6 Å². The molecule has 0 bridgehead atoms. The number of nitrogens with zero attached hydrogens (tertiary/aromatic N) is 1. The van der Waals surface area contributed by atoms with Gasteiger partial charge in [-0.15, -0.1) is 6.26 Å². The van der Waals surface area contributed by atoms with E-state index in [4.69, 9.17) is 16.9 Å². The van der Waals surface area contributed by atoms with Gasteiger partial charge in [0.05, 0.1) is 6.07 Å². The largest absolute Gasteiger partial charge is 1.00 e. The van der Waals surface area contributed by atoms with Gasteiger partial charge in [-0.1, -0.05) is 23.7 Å². The zero-order valence-corrected chi connectivity index (χ0v) is 9.88. The van der Waals surface area contributed by atoms with Crippen molar-refractivity contribution < 1.29 is 34.7 Å². The van der Waals surface area contributed by atoms with Gasteiger partial charge in [0.15, 0.2) is 0 Å². The molecule has 0 spiro atoms. The first-order valence-electron chi connectivity index (χ1n) is 3.26. The Morgan fingerprint density at radius 2 is 2.23 bits per heavy atom. The van der Waals surface area contributed by atoms with Crippen molar-refractivity contribution >= 4 is 17.2 Å².